The summed E-state index contributed by atoms with van der Waals surface area (Å²) in [6, 6.07) is 9.53. The predicted octanol–water partition coefficient (Wildman–Crippen LogP) is 2.81. The van der Waals surface area contributed by atoms with Gasteiger partial charge >= 0.3 is 0 Å². The van der Waals surface area contributed by atoms with Crippen molar-refractivity contribution in [1.82, 2.24) is 20.4 Å². The van der Waals surface area contributed by atoms with Gasteiger partial charge in [0.25, 0.3) is 0 Å². The van der Waals surface area contributed by atoms with Gasteiger partial charge in [-0.25, -0.2) is 8.78 Å². The zero-order valence-electron chi connectivity index (χ0n) is 24.3. The molecule has 3 amide bonds. The Hall–Kier alpha value is -3.37. The lowest BCUT2D eigenvalue weighted by molar-refractivity contribution is -0.159. The van der Waals surface area contributed by atoms with Crippen LogP contribution in [0.1, 0.15) is 50.8 Å². The summed E-state index contributed by atoms with van der Waals surface area (Å²) in [7, 11) is 0. The molecule has 2 aromatic carbocycles. The van der Waals surface area contributed by atoms with Crippen LogP contribution >= 0.6 is 0 Å². The van der Waals surface area contributed by atoms with Crippen LogP contribution in [0.5, 0.6) is 0 Å². The highest BCUT2D eigenvalue weighted by atomic mass is 19.1. The van der Waals surface area contributed by atoms with Crippen molar-refractivity contribution in [2.45, 2.75) is 71.7 Å². The lowest BCUT2D eigenvalue weighted by Crippen LogP contribution is -2.63. The number of hydrogen-bond acceptors (Lipinski definition) is 5. The number of aryl methyl sites for hydroxylation is 1. The maximum Gasteiger partial charge on any atom is 0.246 e. The Morgan fingerprint density at radius 3 is 2.37 bits per heavy atom. The van der Waals surface area contributed by atoms with Gasteiger partial charge in [-0.3, -0.25) is 14.4 Å². The second-order valence-corrected chi connectivity index (χ2v) is 11.0. The van der Waals surface area contributed by atoms with Gasteiger partial charge in [0.2, 0.25) is 17.7 Å². The van der Waals surface area contributed by atoms with Crippen LogP contribution in [0, 0.1) is 17.6 Å². The molecule has 224 valence electrons. The van der Waals surface area contributed by atoms with E-state index in [2.05, 4.69) is 23.6 Å². The van der Waals surface area contributed by atoms with Gasteiger partial charge in [0.05, 0.1) is 12.1 Å². The highest BCUT2D eigenvalue weighted by molar-refractivity contribution is 5.97. The maximum atomic E-state index is 13.9. The molecule has 1 saturated heterocycles. The Bertz CT molecular complexity index is 1190. The zero-order valence-corrected chi connectivity index (χ0v) is 24.3. The highest BCUT2D eigenvalue weighted by Crippen LogP contribution is 2.20. The van der Waals surface area contributed by atoms with E-state index in [4.69, 9.17) is 0 Å². The topological polar surface area (TPSA) is 102 Å². The highest BCUT2D eigenvalue weighted by Gasteiger charge is 2.41. The average Bonchev–Trinajstić information content (AvgIpc) is 2.90. The van der Waals surface area contributed by atoms with Gasteiger partial charge in [-0.1, -0.05) is 52.0 Å². The van der Waals surface area contributed by atoms with Gasteiger partial charge in [0.1, 0.15) is 30.8 Å². The lowest BCUT2D eigenvalue weighted by atomic mass is 9.97. The van der Waals surface area contributed by atoms with E-state index in [0.29, 0.717) is 19.5 Å². The smallest absolute Gasteiger partial charge is 0.246 e. The minimum absolute atomic E-state index is 0.0413. The number of benzene rings is 2. The number of aliphatic hydroxyl groups excluding tert-OH is 1. The fourth-order valence-electron chi connectivity index (χ4n) is 5.25. The quantitative estimate of drug-likeness (QED) is 0.323. The summed E-state index contributed by atoms with van der Waals surface area (Å²) in [5.41, 5.74) is 2.49. The molecular weight excluding hydrogens is 530 g/mol. The molecule has 0 saturated carbocycles. The molecule has 1 heterocycles. The first-order chi connectivity index (χ1) is 19.5. The average molecular weight is 573 g/mol. The SMILES string of the molecule is CCCN1C(=O)CN(CC(=O)N[C@@H](Cc2cc(F)cc(F)c2)[C@H](O)CNCc2cccc(CC)c2)C(=O)[C@@H]1C(C)C. The first kappa shape index (κ1) is 32.1. The van der Waals surface area contributed by atoms with Crippen LogP contribution in [0.15, 0.2) is 42.5 Å². The van der Waals surface area contributed by atoms with Crippen LogP contribution in [-0.2, 0) is 33.8 Å². The van der Waals surface area contributed by atoms with Crippen LogP contribution in [0.2, 0.25) is 0 Å². The summed E-state index contributed by atoms with van der Waals surface area (Å²) in [6.45, 7) is 8.18. The normalized spacial score (nSPS) is 17.2. The third-order valence-corrected chi connectivity index (χ3v) is 7.25. The summed E-state index contributed by atoms with van der Waals surface area (Å²) in [4.78, 5) is 42.0. The van der Waals surface area contributed by atoms with Crippen LogP contribution in [0.3, 0.4) is 0 Å². The van der Waals surface area contributed by atoms with E-state index in [1.807, 2.05) is 39.0 Å². The lowest BCUT2D eigenvalue weighted by Gasteiger charge is -2.42. The molecule has 41 heavy (non-hydrogen) atoms. The molecule has 0 aromatic heterocycles. The minimum Gasteiger partial charge on any atom is -0.390 e. The molecule has 3 N–H and O–H groups in total. The van der Waals surface area contributed by atoms with Gasteiger partial charge in [-0.15, -0.1) is 0 Å². The second-order valence-electron chi connectivity index (χ2n) is 11.0. The number of halogens is 2. The Labute approximate surface area is 241 Å². The number of aliphatic hydroxyl groups is 1. The fraction of sp³-hybridized carbons (Fsp3) is 0.516. The number of nitrogens with zero attached hydrogens (tertiary/aromatic N) is 2. The molecule has 0 spiro atoms. The van der Waals surface area contributed by atoms with Crippen LogP contribution in [0.4, 0.5) is 8.78 Å². The molecule has 3 atom stereocenters. The minimum atomic E-state index is -1.11. The Balaban J connectivity index is 1.70. The predicted molar refractivity (Wildman–Crippen MR) is 153 cm³/mol. The van der Waals surface area contributed by atoms with Crippen LogP contribution in [-0.4, -0.2) is 77.0 Å². The van der Waals surface area contributed by atoms with Crippen LogP contribution < -0.4 is 10.6 Å². The largest absolute Gasteiger partial charge is 0.390 e. The monoisotopic (exact) mass is 572 g/mol. The molecule has 10 heteroatoms. The number of nitrogens with one attached hydrogen (secondary N) is 2. The molecule has 1 aliphatic rings. The van der Waals surface area contributed by atoms with Gasteiger partial charge in [-0.2, -0.15) is 0 Å². The number of hydrogen-bond donors (Lipinski definition) is 3. The molecule has 1 aliphatic heterocycles. The van der Waals surface area contributed by atoms with E-state index in [1.54, 1.807) is 4.90 Å². The van der Waals surface area contributed by atoms with E-state index in [1.165, 1.54) is 10.5 Å². The number of rotatable bonds is 14. The summed E-state index contributed by atoms with van der Waals surface area (Å²) >= 11 is 0. The zero-order chi connectivity index (χ0) is 30.1. The van der Waals surface area contributed by atoms with Gasteiger partial charge < -0.3 is 25.5 Å². The molecule has 1 fully saturated rings. The summed E-state index contributed by atoms with van der Waals surface area (Å²) < 4.78 is 27.8. The Morgan fingerprint density at radius 2 is 1.73 bits per heavy atom. The summed E-state index contributed by atoms with van der Waals surface area (Å²) in [6.07, 6.45) is 0.456. The van der Waals surface area contributed by atoms with Gasteiger partial charge in [0.15, 0.2) is 0 Å². The second kappa shape index (κ2) is 15.0. The van der Waals surface area contributed by atoms with Crippen molar-refractivity contribution in [3.05, 3.63) is 70.8 Å². The molecule has 2 aromatic rings. The molecule has 0 radical (unpaired) electrons. The van der Waals surface area contributed by atoms with Crippen molar-refractivity contribution in [3.8, 4) is 0 Å². The third kappa shape index (κ3) is 9.06. The number of amides is 3. The van der Waals surface area contributed by atoms with Gasteiger partial charge in [-0.05, 0) is 54.0 Å². The number of carbonyl (C=O) groups is 3. The van der Waals surface area contributed by atoms with E-state index in [9.17, 15) is 28.3 Å². The number of carbonyl (C=O) groups excluding carboxylic acids is 3. The first-order valence-electron chi connectivity index (χ1n) is 14.3. The van der Waals surface area contributed by atoms with Crippen molar-refractivity contribution < 1.29 is 28.3 Å². The van der Waals surface area contributed by atoms with Crippen molar-refractivity contribution in [1.29, 1.82) is 0 Å². The van der Waals surface area contributed by atoms with E-state index < -0.39 is 35.7 Å². The standard InChI is InChI=1S/C31H42F2N4O4/c1-5-10-37-29(40)19-36(31(41)30(37)20(3)4)18-28(39)35-26(14-23-12-24(32)15-25(33)13-23)27(38)17-34-16-22-9-7-8-21(6-2)11-22/h7-9,11-13,15,20,26-27,30,34,38H,5-6,10,14,16-19H2,1-4H3,(H,35,39)/t26-,27+,30-/m0/s1. The summed E-state index contributed by atoms with van der Waals surface area (Å²) in [5.74, 6) is -2.76. The number of piperazine rings is 1. The molecule has 3 rings (SSSR count). The Morgan fingerprint density at radius 1 is 1.05 bits per heavy atom. The molecular formula is C31H42F2N4O4. The molecule has 0 bridgehead atoms. The molecule has 0 aliphatic carbocycles. The molecule has 8 nitrogen and oxygen atoms in total. The Kier molecular flexibility index (Phi) is 11.8. The molecule has 0 unspecified atom stereocenters. The van der Waals surface area contributed by atoms with Gasteiger partial charge in [0, 0.05) is 25.7 Å². The van der Waals surface area contributed by atoms with E-state index in [0.717, 1.165) is 30.2 Å². The van der Waals surface area contributed by atoms with Crippen molar-refractivity contribution in [3.63, 3.8) is 0 Å². The van der Waals surface area contributed by atoms with E-state index in [-0.39, 0.29) is 49.4 Å². The maximum absolute atomic E-state index is 13.9. The third-order valence-electron chi connectivity index (χ3n) is 7.25. The van der Waals surface area contributed by atoms with Crippen molar-refractivity contribution >= 4 is 17.7 Å². The first-order valence-corrected chi connectivity index (χ1v) is 14.3. The van der Waals surface area contributed by atoms with Crippen LogP contribution in [0.25, 0.3) is 0 Å². The van der Waals surface area contributed by atoms with Crippen molar-refractivity contribution in [2.24, 2.45) is 5.92 Å². The van der Waals surface area contributed by atoms with Crippen molar-refractivity contribution in [2.75, 3.05) is 26.2 Å². The van der Waals surface area contributed by atoms with E-state index >= 15 is 0 Å². The fourth-order valence-corrected chi connectivity index (χ4v) is 5.25. The summed E-state index contributed by atoms with van der Waals surface area (Å²) in [5, 5.41) is 17.0.